The lowest BCUT2D eigenvalue weighted by molar-refractivity contribution is -0.116. The number of carbonyl (C=O) groups excluding carboxylic acids is 3. The third-order valence-electron chi connectivity index (χ3n) is 4.48. The molecule has 3 amide bonds. The lowest BCUT2D eigenvalue weighted by atomic mass is 10.1. The van der Waals surface area contributed by atoms with Crippen molar-refractivity contribution in [3.63, 3.8) is 0 Å². The lowest BCUT2D eigenvalue weighted by Crippen LogP contribution is -2.24. The first-order valence-electron chi connectivity index (χ1n) is 8.78. The Balaban J connectivity index is 1.58. The molecule has 0 spiro atoms. The molecule has 0 bridgehead atoms. The molecule has 1 heterocycles. The maximum absolute atomic E-state index is 12.2. The third kappa shape index (κ3) is 4.28. The summed E-state index contributed by atoms with van der Waals surface area (Å²) in [5.41, 5.74) is 1.38. The van der Waals surface area contributed by atoms with Crippen LogP contribution in [0.4, 0.5) is 5.69 Å². The van der Waals surface area contributed by atoms with Gasteiger partial charge in [0.05, 0.1) is 28.3 Å². The highest BCUT2D eigenvalue weighted by atomic mass is 32.2. The molecule has 0 fully saturated rings. The number of imide groups is 1. The normalized spacial score (nSPS) is 13.5. The van der Waals surface area contributed by atoms with Gasteiger partial charge in [0.15, 0.2) is 9.84 Å². The van der Waals surface area contributed by atoms with Crippen LogP contribution in [-0.2, 0) is 20.4 Å². The van der Waals surface area contributed by atoms with Crippen LogP contribution < -0.4 is 5.32 Å². The molecule has 146 valence electrons. The molecule has 0 aliphatic carbocycles. The zero-order chi connectivity index (χ0) is 20.3. The van der Waals surface area contributed by atoms with Gasteiger partial charge in [0.25, 0.3) is 11.8 Å². The van der Waals surface area contributed by atoms with Gasteiger partial charge in [-0.05, 0) is 24.1 Å². The van der Waals surface area contributed by atoms with E-state index < -0.39 is 27.6 Å². The Kier molecular flexibility index (Phi) is 5.60. The summed E-state index contributed by atoms with van der Waals surface area (Å²) in [7, 11) is -1.94. The molecule has 28 heavy (non-hydrogen) atoms. The molecule has 1 aliphatic rings. The number of hydrogen-bond acceptors (Lipinski definition) is 5. The minimum atomic E-state index is -3.32. The predicted octanol–water partition coefficient (Wildman–Crippen LogP) is 2.25. The fraction of sp³-hybridized carbons (Fsp3) is 0.250. The van der Waals surface area contributed by atoms with Gasteiger partial charge in [-0.15, -0.1) is 0 Å². The fourth-order valence-electron chi connectivity index (χ4n) is 3.07. The number of anilines is 1. The monoisotopic (exact) mass is 400 g/mol. The SMILES string of the molecule is CN1C(=O)c2cccc(NC(=O)CCCS(=O)(=O)Cc3ccccc3)c2C1=O. The van der Waals surface area contributed by atoms with Crippen LogP contribution in [-0.4, -0.2) is 43.8 Å². The minimum absolute atomic E-state index is 0.00430. The molecule has 0 saturated heterocycles. The summed E-state index contributed by atoms with van der Waals surface area (Å²) in [6.07, 6.45) is 0.165. The van der Waals surface area contributed by atoms with Crippen molar-refractivity contribution in [1.29, 1.82) is 0 Å². The van der Waals surface area contributed by atoms with Crippen molar-refractivity contribution in [3.05, 3.63) is 65.2 Å². The minimum Gasteiger partial charge on any atom is -0.325 e. The largest absolute Gasteiger partial charge is 0.325 e. The van der Waals surface area contributed by atoms with Crippen molar-refractivity contribution < 1.29 is 22.8 Å². The second-order valence-corrected chi connectivity index (χ2v) is 8.81. The lowest BCUT2D eigenvalue weighted by Gasteiger charge is -2.09. The highest BCUT2D eigenvalue weighted by molar-refractivity contribution is 7.90. The number of sulfone groups is 1. The predicted molar refractivity (Wildman–Crippen MR) is 105 cm³/mol. The van der Waals surface area contributed by atoms with Crippen LogP contribution >= 0.6 is 0 Å². The number of carbonyl (C=O) groups is 3. The second kappa shape index (κ2) is 7.93. The molecule has 7 nitrogen and oxygen atoms in total. The van der Waals surface area contributed by atoms with E-state index in [1.54, 1.807) is 36.4 Å². The Morgan fingerprint density at radius 2 is 1.71 bits per heavy atom. The standard InChI is InChI=1S/C20H20N2O5S/c1-22-19(24)15-9-5-10-16(18(15)20(22)25)21-17(23)11-6-12-28(26,27)13-14-7-3-2-4-8-14/h2-5,7-10H,6,11-13H2,1H3,(H,21,23). The van der Waals surface area contributed by atoms with Crippen LogP contribution in [0.1, 0.15) is 39.1 Å². The van der Waals surface area contributed by atoms with Crippen molar-refractivity contribution in [3.8, 4) is 0 Å². The molecule has 2 aromatic carbocycles. The van der Waals surface area contributed by atoms with Crippen LogP contribution in [0.2, 0.25) is 0 Å². The van der Waals surface area contributed by atoms with Gasteiger partial charge in [0.2, 0.25) is 5.91 Å². The van der Waals surface area contributed by atoms with Gasteiger partial charge in [-0.2, -0.15) is 0 Å². The van der Waals surface area contributed by atoms with Crippen molar-refractivity contribution >= 4 is 33.2 Å². The molecule has 1 aliphatic heterocycles. The average Bonchev–Trinajstić information content (AvgIpc) is 2.87. The smallest absolute Gasteiger partial charge is 0.263 e. The first kappa shape index (κ1) is 19.8. The van der Waals surface area contributed by atoms with Crippen LogP contribution in [0.3, 0.4) is 0 Å². The van der Waals surface area contributed by atoms with Crippen LogP contribution in [0.15, 0.2) is 48.5 Å². The number of nitrogens with one attached hydrogen (secondary N) is 1. The summed E-state index contributed by atoms with van der Waals surface area (Å²) >= 11 is 0. The second-order valence-electron chi connectivity index (χ2n) is 6.63. The number of amides is 3. The zero-order valence-electron chi connectivity index (χ0n) is 15.3. The summed E-state index contributed by atoms with van der Waals surface area (Å²) in [6, 6.07) is 13.5. The molecule has 1 N–H and O–H groups in total. The van der Waals surface area contributed by atoms with E-state index in [1.165, 1.54) is 13.1 Å². The van der Waals surface area contributed by atoms with Gasteiger partial charge in [-0.1, -0.05) is 36.4 Å². The van der Waals surface area contributed by atoms with E-state index in [-0.39, 0.29) is 41.2 Å². The average molecular weight is 400 g/mol. The molecule has 0 atom stereocenters. The summed E-state index contributed by atoms with van der Waals surface area (Å²) in [4.78, 5) is 37.4. The molecule has 8 heteroatoms. The molecular formula is C20H20N2O5S. The van der Waals surface area contributed by atoms with E-state index >= 15 is 0 Å². The van der Waals surface area contributed by atoms with E-state index in [2.05, 4.69) is 5.32 Å². The number of hydrogen-bond donors (Lipinski definition) is 1. The Bertz CT molecular complexity index is 1030. The van der Waals surface area contributed by atoms with Gasteiger partial charge in [-0.3, -0.25) is 19.3 Å². The summed E-state index contributed by atoms with van der Waals surface area (Å²) in [5.74, 6) is -1.46. The summed E-state index contributed by atoms with van der Waals surface area (Å²) in [5, 5.41) is 2.62. The molecular weight excluding hydrogens is 380 g/mol. The Morgan fingerprint density at radius 1 is 1.00 bits per heavy atom. The molecule has 0 saturated carbocycles. The Hall–Kier alpha value is -3.00. The topological polar surface area (TPSA) is 101 Å². The number of fused-ring (bicyclic) bond motifs is 1. The van der Waals surface area contributed by atoms with Gasteiger partial charge in [0.1, 0.15) is 0 Å². The van der Waals surface area contributed by atoms with E-state index in [9.17, 15) is 22.8 Å². The number of rotatable bonds is 7. The van der Waals surface area contributed by atoms with Crippen molar-refractivity contribution in [2.24, 2.45) is 0 Å². The van der Waals surface area contributed by atoms with Gasteiger partial charge in [0, 0.05) is 13.5 Å². The van der Waals surface area contributed by atoms with Crippen molar-refractivity contribution in [2.75, 3.05) is 18.1 Å². The van der Waals surface area contributed by atoms with Crippen LogP contribution in [0, 0.1) is 0 Å². The fourth-order valence-corrected chi connectivity index (χ4v) is 4.50. The van der Waals surface area contributed by atoms with Crippen molar-refractivity contribution in [1.82, 2.24) is 4.90 Å². The Morgan fingerprint density at radius 3 is 2.43 bits per heavy atom. The van der Waals surface area contributed by atoms with Gasteiger partial charge in [-0.25, -0.2) is 8.42 Å². The highest BCUT2D eigenvalue weighted by Crippen LogP contribution is 2.28. The maximum atomic E-state index is 12.2. The van der Waals surface area contributed by atoms with E-state index in [0.29, 0.717) is 5.56 Å². The quantitative estimate of drug-likeness (QED) is 0.719. The maximum Gasteiger partial charge on any atom is 0.263 e. The van der Waals surface area contributed by atoms with Gasteiger partial charge < -0.3 is 5.32 Å². The molecule has 0 aromatic heterocycles. The van der Waals surface area contributed by atoms with E-state index in [1.807, 2.05) is 6.07 Å². The molecule has 3 rings (SSSR count). The molecule has 2 aromatic rings. The van der Waals surface area contributed by atoms with Crippen LogP contribution in [0.5, 0.6) is 0 Å². The van der Waals surface area contributed by atoms with E-state index in [4.69, 9.17) is 0 Å². The molecule has 0 radical (unpaired) electrons. The van der Waals surface area contributed by atoms with Gasteiger partial charge >= 0.3 is 0 Å². The first-order chi connectivity index (χ1) is 13.3. The third-order valence-corrected chi connectivity index (χ3v) is 6.16. The highest BCUT2D eigenvalue weighted by Gasteiger charge is 2.35. The summed E-state index contributed by atoms with van der Waals surface area (Å²) in [6.45, 7) is 0. The van der Waals surface area contributed by atoms with E-state index in [0.717, 1.165) is 4.90 Å². The number of benzene rings is 2. The zero-order valence-corrected chi connectivity index (χ0v) is 16.2. The Labute approximate surface area is 163 Å². The van der Waals surface area contributed by atoms with Crippen molar-refractivity contribution in [2.45, 2.75) is 18.6 Å². The number of nitrogens with zero attached hydrogens (tertiary/aromatic N) is 1. The van der Waals surface area contributed by atoms with Crippen LogP contribution in [0.25, 0.3) is 0 Å². The first-order valence-corrected chi connectivity index (χ1v) is 10.6. The molecule has 0 unspecified atom stereocenters. The summed E-state index contributed by atoms with van der Waals surface area (Å²) < 4.78 is 24.4.